The van der Waals surface area contributed by atoms with Gasteiger partial charge in [0, 0.05) is 24.3 Å². The van der Waals surface area contributed by atoms with Crippen molar-refractivity contribution in [2.45, 2.75) is 6.54 Å². The van der Waals surface area contributed by atoms with Gasteiger partial charge in [-0.2, -0.15) is 0 Å². The van der Waals surface area contributed by atoms with Gasteiger partial charge in [-0.15, -0.1) is 0 Å². The minimum atomic E-state index is -0.426. The average molecular weight is 280 g/mol. The fraction of sp³-hybridized carbons (Fsp3) is 0.0667. The second-order valence-electron chi connectivity index (χ2n) is 4.51. The summed E-state index contributed by atoms with van der Waals surface area (Å²) in [5.41, 5.74) is 2.12. The molecule has 1 N–H and O–H groups in total. The summed E-state index contributed by atoms with van der Waals surface area (Å²) in [4.78, 5) is 18.9. The molecule has 0 unspecified atom stereocenters. The molecule has 0 atom stereocenters. The Labute approximate surface area is 120 Å². The van der Waals surface area contributed by atoms with Gasteiger partial charge in [-0.05, 0) is 17.7 Å². The summed E-state index contributed by atoms with van der Waals surface area (Å²) in [6, 6.07) is 11.1. The molecule has 0 aliphatic carbocycles. The van der Waals surface area contributed by atoms with E-state index in [1.54, 1.807) is 12.4 Å². The molecular weight excluding hydrogens is 268 g/mol. The van der Waals surface area contributed by atoms with Crippen molar-refractivity contribution in [2.24, 2.45) is 0 Å². The van der Waals surface area contributed by atoms with Crippen molar-refractivity contribution in [1.29, 1.82) is 0 Å². The normalized spacial score (nSPS) is 10.5. The van der Waals surface area contributed by atoms with Crippen molar-refractivity contribution in [1.82, 2.24) is 9.97 Å². The van der Waals surface area contributed by atoms with E-state index < -0.39 is 4.92 Å². The summed E-state index contributed by atoms with van der Waals surface area (Å²) >= 11 is 0. The molecule has 0 saturated carbocycles. The molecule has 21 heavy (non-hydrogen) atoms. The Balaban J connectivity index is 2.02. The number of para-hydroxylation sites is 1. The summed E-state index contributed by atoms with van der Waals surface area (Å²) in [5.74, 6) is 0. The Hall–Kier alpha value is -3.02. The molecule has 3 aromatic rings. The number of pyridine rings is 2. The maximum absolute atomic E-state index is 11.2. The highest BCUT2D eigenvalue weighted by Gasteiger charge is 2.17. The standard InChI is InChI=1S/C15H12N4O2/c20-19(21)14-10-17-13-6-2-1-5-12(13)15(14)18-9-11-4-3-7-16-8-11/h1-8,10H,9H2,(H,17,18). The second-order valence-corrected chi connectivity index (χ2v) is 4.51. The van der Waals surface area contributed by atoms with Crippen molar-refractivity contribution < 1.29 is 4.92 Å². The molecule has 0 amide bonds. The van der Waals surface area contributed by atoms with Crippen LogP contribution in [0.5, 0.6) is 0 Å². The molecule has 0 bridgehead atoms. The Morgan fingerprint density at radius 1 is 1.14 bits per heavy atom. The largest absolute Gasteiger partial charge is 0.375 e. The first kappa shape index (κ1) is 13.0. The second kappa shape index (κ2) is 5.54. The van der Waals surface area contributed by atoms with Crippen molar-refractivity contribution in [2.75, 3.05) is 5.32 Å². The summed E-state index contributed by atoms with van der Waals surface area (Å²) in [6.07, 6.45) is 4.70. The minimum absolute atomic E-state index is 0.0300. The first-order valence-corrected chi connectivity index (χ1v) is 6.40. The first-order valence-electron chi connectivity index (χ1n) is 6.40. The van der Waals surface area contributed by atoms with E-state index in [0.717, 1.165) is 16.5 Å². The third-order valence-electron chi connectivity index (χ3n) is 3.14. The fourth-order valence-electron chi connectivity index (χ4n) is 2.15. The van der Waals surface area contributed by atoms with Crippen LogP contribution in [0.1, 0.15) is 5.56 Å². The maximum Gasteiger partial charge on any atom is 0.311 e. The van der Waals surface area contributed by atoms with Gasteiger partial charge in [0.1, 0.15) is 11.9 Å². The molecule has 2 heterocycles. The number of rotatable bonds is 4. The molecule has 0 saturated heterocycles. The van der Waals surface area contributed by atoms with Gasteiger partial charge in [0.05, 0.1) is 10.4 Å². The van der Waals surface area contributed by atoms with Crippen LogP contribution in [-0.4, -0.2) is 14.9 Å². The molecule has 6 heteroatoms. The van der Waals surface area contributed by atoms with Gasteiger partial charge in [-0.25, -0.2) is 4.98 Å². The van der Waals surface area contributed by atoms with Gasteiger partial charge in [0.15, 0.2) is 0 Å². The highest BCUT2D eigenvalue weighted by molar-refractivity contribution is 5.95. The van der Waals surface area contributed by atoms with Gasteiger partial charge < -0.3 is 5.32 Å². The maximum atomic E-state index is 11.2. The van der Waals surface area contributed by atoms with E-state index in [9.17, 15) is 10.1 Å². The van der Waals surface area contributed by atoms with Crippen molar-refractivity contribution in [3.05, 3.63) is 70.7 Å². The summed E-state index contributed by atoms with van der Waals surface area (Å²) in [6.45, 7) is 0.461. The fourth-order valence-corrected chi connectivity index (χ4v) is 2.15. The van der Waals surface area contributed by atoms with Crippen LogP contribution in [0, 0.1) is 10.1 Å². The lowest BCUT2D eigenvalue weighted by molar-refractivity contribution is -0.384. The number of nitrogens with zero attached hydrogens (tertiary/aromatic N) is 3. The van der Waals surface area contributed by atoms with Crippen molar-refractivity contribution >= 4 is 22.3 Å². The topological polar surface area (TPSA) is 81.0 Å². The lowest BCUT2D eigenvalue weighted by Crippen LogP contribution is -2.04. The Kier molecular flexibility index (Phi) is 3.42. The molecule has 104 valence electrons. The highest BCUT2D eigenvalue weighted by atomic mass is 16.6. The van der Waals surface area contributed by atoms with E-state index >= 15 is 0 Å². The number of anilines is 1. The lowest BCUT2D eigenvalue weighted by atomic mass is 10.1. The van der Waals surface area contributed by atoms with Gasteiger partial charge in [-0.3, -0.25) is 15.1 Å². The monoisotopic (exact) mass is 280 g/mol. The molecule has 0 spiro atoms. The van der Waals surface area contributed by atoms with E-state index in [2.05, 4.69) is 15.3 Å². The average Bonchev–Trinajstić information content (AvgIpc) is 2.53. The number of aromatic nitrogens is 2. The Morgan fingerprint density at radius 3 is 2.76 bits per heavy atom. The van der Waals surface area contributed by atoms with Gasteiger partial charge in [0.25, 0.3) is 0 Å². The third kappa shape index (κ3) is 2.64. The first-order chi connectivity index (χ1) is 10.3. The Morgan fingerprint density at radius 2 is 2.00 bits per heavy atom. The highest BCUT2D eigenvalue weighted by Crippen LogP contribution is 2.31. The molecular formula is C15H12N4O2. The number of benzene rings is 1. The van der Waals surface area contributed by atoms with Crippen LogP contribution in [0.3, 0.4) is 0 Å². The zero-order valence-electron chi connectivity index (χ0n) is 11.1. The van der Waals surface area contributed by atoms with Crippen LogP contribution >= 0.6 is 0 Å². The van der Waals surface area contributed by atoms with E-state index in [1.807, 2.05) is 36.4 Å². The van der Waals surface area contributed by atoms with E-state index in [0.29, 0.717) is 12.2 Å². The van der Waals surface area contributed by atoms with Gasteiger partial charge in [0.2, 0.25) is 0 Å². The molecule has 6 nitrogen and oxygen atoms in total. The quantitative estimate of drug-likeness (QED) is 0.586. The predicted molar refractivity (Wildman–Crippen MR) is 80.0 cm³/mol. The number of nitro groups is 1. The van der Waals surface area contributed by atoms with E-state index in [1.165, 1.54) is 6.20 Å². The predicted octanol–water partition coefficient (Wildman–Crippen LogP) is 3.15. The molecule has 3 rings (SSSR count). The molecule has 0 fully saturated rings. The van der Waals surface area contributed by atoms with Crippen LogP contribution in [0.2, 0.25) is 0 Å². The molecule has 0 radical (unpaired) electrons. The SMILES string of the molecule is O=[N+]([O-])c1cnc2ccccc2c1NCc1cccnc1. The summed E-state index contributed by atoms with van der Waals surface area (Å²) in [7, 11) is 0. The molecule has 1 aromatic carbocycles. The molecule has 0 aliphatic rings. The third-order valence-corrected chi connectivity index (χ3v) is 3.14. The number of hydrogen-bond donors (Lipinski definition) is 1. The van der Waals surface area contributed by atoms with Crippen LogP contribution in [-0.2, 0) is 6.54 Å². The summed E-state index contributed by atoms with van der Waals surface area (Å²) in [5, 5.41) is 15.1. The Bertz CT molecular complexity index is 790. The minimum Gasteiger partial charge on any atom is -0.375 e. The smallest absolute Gasteiger partial charge is 0.311 e. The summed E-state index contributed by atoms with van der Waals surface area (Å²) < 4.78 is 0. The zero-order chi connectivity index (χ0) is 14.7. The number of fused-ring (bicyclic) bond motifs is 1. The van der Waals surface area contributed by atoms with Crippen LogP contribution in [0.15, 0.2) is 55.0 Å². The van der Waals surface area contributed by atoms with Crippen molar-refractivity contribution in [3.63, 3.8) is 0 Å². The van der Waals surface area contributed by atoms with E-state index in [4.69, 9.17) is 0 Å². The number of nitrogens with one attached hydrogen (secondary N) is 1. The van der Waals surface area contributed by atoms with Crippen LogP contribution in [0.4, 0.5) is 11.4 Å². The van der Waals surface area contributed by atoms with Crippen molar-refractivity contribution in [3.8, 4) is 0 Å². The lowest BCUT2D eigenvalue weighted by Gasteiger charge is -2.09. The van der Waals surface area contributed by atoms with Gasteiger partial charge >= 0.3 is 5.69 Å². The van der Waals surface area contributed by atoms with Gasteiger partial charge in [-0.1, -0.05) is 24.3 Å². The van der Waals surface area contributed by atoms with Crippen LogP contribution in [0.25, 0.3) is 10.9 Å². The van der Waals surface area contributed by atoms with E-state index in [-0.39, 0.29) is 5.69 Å². The molecule has 2 aromatic heterocycles. The number of hydrogen-bond acceptors (Lipinski definition) is 5. The zero-order valence-corrected chi connectivity index (χ0v) is 11.1. The van der Waals surface area contributed by atoms with Crippen LogP contribution < -0.4 is 5.32 Å². The molecule has 0 aliphatic heterocycles.